The summed E-state index contributed by atoms with van der Waals surface area (Å²) in [5.74, 6) is -0.685. The number of aromatic nitrogens is 2. The van der Waals surface area contributed by atoms with E-state index in [1.54, 1.807) is 22.9 Å². The molecule has 10 heteroatoms. The van der Waals surface area contributed by atoms with Crippen LogP contribution in [-0.4, -0.2) is 48.3 Å². The Balaban J connectivity index is 1.58. The summed E-state index contributed by atoms with van der Waals surface area (Å²) in [6.07, 6.45) is 5.66. The van der Waals surface area contributed by atoms with Crippen LogP contribution < -0.4 is 14.8 Å². The number of carbonyl (C=O) groups is 1. The van der Waals surface area contributed by atoms with E-state index in [0.29, 0.717) is 36.5 Å². The minimum Gasteiger partial charge on any atom is -0.496 e. The second-order valence-electron chi connectivity index (χ2n) is 8.46. The van der Waals surface area contributed by atoms with Gasteiger partial charge in [-0.1, -0.05) is 0 Å². The van der Waals surface area contributed by atoms with Crippen molar-refractivity contribution in [3.63, 3.8) is 0 Å². The smallest absolute Gasteiger partial charge is 0.387 e. The van der Waals surface area contributed by atoms with Gasteiger partial charge in [0.25, 0.3) is 5.91 Å². The van der Waals surface area contributed by atoms with E-state index in [-0.39, 0.29) is 23.1 Å². The number of imidazole rings is 1. The van der Waals surface area contributed by atoms with Crippen molar-refractivity contribution in [3.8, 4) is 28.8 Å². The van der Waals surface area contributed by atoms with Crippen LogP contribution in [0.4, 0.5) is 8.78 Å². The highest BCUT2D eigenvalue weighted by atomic mass is 19.3. The first-order valence-electron chi connectivity index (χ1n) is 10.9. The zero-order chi connectivity index (χ0) is 23.9. The first kappa shape index (κ1) is 22.1. The van der Waals surface area contributed by atoms with E-state index in [9.17, 15) is 18.8 Å². The molecule has 1 N–H and O–H groups in total. The fraction of sp³-hybridized carbons (Fsp3) is 0.375. The molecule has 1 atom stereocenters. The summed E-state index contributed by atoms with van der Waals surface area (Å²) in [7, 11) is 1.37. The van der Waals surface area contributed by atoms with E-state index in [1.807, 2.05) is 12.1 Å². The Labute approximate surface area is 194 Å². The number of rotatable bonds is 7. The quantitative estimate of drug-likeness (QED) is 0.568. The second kappa shape index (κ2) is 8.57. The molecule has 0 radical (unpaired) electrons. The molecule has 5 rings (SSSR count). The van der Waals surface area contributed by atoms with Crippen LogP contribution in [0.1, 0.15) is 35.2 Å². The molecule has 34 heavy (non-hydrogen) atoms. The molecular weight excluding hydrogens is 446 g/mol. The Hall–Kier alpha value is -3.71. The zero-order valence-electron chi connectivity index (χ0n) is 18.4. The Morgan fingerprint density at radius 3 is 2.79 bits per heavy atom. The van der Waals surface area contributed by atoms with Crippen LogP contribution in [0.25, 0.3) is 16.9 Å². The molecule has 3 heterocycles. The topological polar surface area (TPSA) is 97.9 Å². The minimum absolute atomic E-state index is 0.0335. The van der Waals surface area contributed by atoms with Gasteiger partial charge in [-0.2, -0.15) is 14.0 Å². The summed E-state index contributed by atoms with van der Waals surface area (Å²) in [6, 6.07) is 9.04. The van der Waals surface area contributed by atoms with Crippen LogP contribution in [-0.2, 0) is 10.2 Å². The molecule has 0 bridgehead atoms. The highest BCUT2D eigenvalue weighted by molar-refractivity contribution is 6.01. The summed E-state index contributed by atoms with van der Waals surface area (Å²) >= 11 is 0. The predicted molar refractivity (Wildman–Crippen MR) is 117 cm³/mol. The molecular formula is C24H22F2N4O4. The fourth-order valence-corrected chi connectivity index (χ4v) is 4.23. The lowest BCUT2D eigenvalue weighted by atomic mass is 9.82. The van der Waals surface area contributed by atoms with Crippen molar-refractivity contribution in [2.24, 2.45) is 0 Å². The molecule has 2 aromatic heterocycles. The predicted octanol–water partition coefficient (Wildman–Crippen LogP) is 3.69. The first-order chi connectivity index (χ1) is 16.4. The van der Waals surface area contributed by atoms with Crippen molar-refractivity contribution in [3.05, 3.63) is 47.8 Å². The lowest BCUT2D eigenvalue weighted by Gasteiger charge is -2.19. The van der Waals surface area contributed by atoms with Crippen LogP contribution in [0.15, 0.2) is 36.7 Å². The molecule has 176 valence electrons. The highest BCUT2D eigenvalue weighted by Crippen LogP contribution is 2.38. The fourth-order valence-electron chi connectivity index (χ4n) is 4.23. The summed E-state index contributed by atoms with van der Waals surface area (Å²) in [5.41, 5.74) is 1.67. The van der Waals surface area contributed by atoms with Crippen LogP contribution in [0.5, 0.6) is 11.5 Å². The number of carbonyl (C=O) groups excluding carboxylic acids is 1. The van der Waals surface area contributed by atoms with Gasteiger partial charge >= 0.3 is 6.61 Å². The molecule has 3 aromatic rings. The summed E-state index contributed by atoms with van der Waals surface area (Å²) in [5, 5.41) is 12.5. The Kier molecular flexibility index (Phi) is 5.57. The number of nitrogens with one attached hydrogen (secondary N) is 1. The van der Waals surface area contributed by atoms with E-state index in [4.69, 9.17) is 14.2 Å². The second-order valence-corrected chi connectivity index (χ2v) is 8.46. The van der Waals surface area contributed by atoms with Gasteiger partial charge in [0.05, 0.1) is 31.7 Å². The van der Waals surface area contributed by atoms with E-state index in [1.165, 1.54) is 13.2 Å². The maximum absolute atomic E-state index is 13.2. The van der Waals surface area contributed by atoms with Gasteiger partial charge in [-0.05, 0) is 49.1 Å². The molecule has 1 aromatic carbocycles. The van der Waals surface area contributed by atoms with Crippen LogP contribution in [0.3, 0.4) is 0 Å². The molecule has 1 aliphatic heterocycles. The third-order valence-corrected chi connectivity index (χ3v) is 6.24. The summed E-state index contributed by atoms with van der Waals surface area (Å²) < 4.78 is 43.8. The molecule has 1 aliphatic carbocycles. The van der Waals surface area contributed by atoms with Crippen LogP contribution in [0, 0.1) is 11.3 Å². The molecule has 1 saturated heterocycles. The monoisotopic (exact) mass is 468 g/mol. The van der Waals surface area contributed by atoms with E-state index in [2.05, 4.69) is 16.4 Å². The SMILES string of the molecule is COc1cc(-c2cnc3cc(C4(C#N)CCOC4)ccn23)cc(OC(F)F)c1C(=O)NC1CC1. The molecule has 8 nitrogen and oxygen atoms in total. The van der Waals surface area contributed by atoms with Gasteiger partial charge in [0.1, 0.15) is 28.1 Å². The van der Waals surface area contributed by atoms with Crippen molar-refractivity contribution in [1.82, 2.24) is 14.7 Å². The number of fused-ring (bicyclic) bond motifs is 1. The third-order valence-electron chi connectivity index (χ3n) is 6.24. The normalized spacial score (nSPS) is 19.9. The van der Waals surface area contributed by atoms with Gasteiger partial charge in [-0.15, -0.1) is 0 Å². The molecule has 1 saturated carbocycles. The van der Waals surface area contributed by atoms with Crippen molar-refractivity contribution in [2.75, 3.05) is 20.3 Å². The van der Waals surface area contributed by atoms with Gasteiger partial charge in [0.15, 0.2) is 0 Å². The Morgan fingerprint density at radius 2 is 2.15 bits per heavy atom. The standard InChI is InChI=1S/C24H22F2N4O4/c1-32-18-8-14(9-19(34-23(25)26)21(18)22(31)29-16-2-3-16)17-11-28-20-10-15(4-6-30(17)20)24(12-27)5-7-33-13-24/h4,6,8-11,16,23H,2-3,5,7,13H2,1H3,(H,29,31). The molecule has 1 amide bonds. The summed E-state index contributed by atoms with van der Waals surface area (Å²) in [4.78, 5) is 17.2. The zero-order valence-corrected chi connectivity index (χ0v) is 18.4. The Bertz CT molecular complexity index is 1290. The van der Waals surface area contributed by atoms with Crippen molar-refractivity contribution < 1.29 is 27.8 Å². The van der Waals surface area contributed by atoms with Gasteiger partial charge in [0, 0.05) is 24.4 Å². The molecule has 2 fully saturated rings. The number of ether oxygens (including phenoxy) is 3. The number of nitrogens with zero attached hydrogens (tertiary/aromatic N) is 3. The van der Waals surface area contributed by atoms with Gasteiger partial charge < -0.3 is 19.5 Å². The number of hydrogen-bond donors (Lipinski definition) is 1. The molecule has 0 spiro atoms. The number of alkyl halides is 2. The van der Waals surface area contributed by atoms with E-state index in [0.717, 1.165) is 18.4 Å². The maximum Gasteiger partial charge on any atom is 0.387 e. The highest BCUT2D eigenvalue weighted by Gasteiger charge is 2.37. The Morgan fingerprint density at radius 1 is 1.35 bits per heavy atom. The average molecular weight is 468 g/mol. The largest absolute Gasteiger partial charge is 0.496 e. The van der Waals surface area contributed by atoms with E-state index >= 15 is 0 Å². The lowest BCUT2D eigenvalue weighted by Crippen LogP contribution is -2.26. The van der Waals surface area contributed by atoms with E-state index < -0.39 is 17.9 Å². The number of amides is 1. The average Bonchev–Trinajstić information content (AvgIpc) is 3.33. The lowest BCUT2D eigenvalue weighted by molar-refractivity contribution is -0.0502. The number of hydrogen-bond acceptors (Lipinski definition) is 6. The minimum atomic E-state index is -3.12. The van der Waals surface area contributed by atoms with Crippen molar-refractivity contribution in [1.29, 1.82) is 5.26 Å². The number of methoxy groups -OCH3 is 1. The number of pyridine rings is 1. The number of benzene rings is 1. The van der Waals surface area contributed by atoms with Crippen LogP contribution >= 0.6 is 0 Å². The third kappa shape index (κ3) is 3.92. The summed E-state index contributed by atoms with van der Waals surface area (Å²) in [6.45, 7) is -2.28. The van der Waals surface area contributed by atoms with Gasteiger partial charge in [0.2, 0.25) is 0 Å². The number of nitriles is 1. The van der Waals surface area contributed by atoms with Gasteiger partial charge in [-0.3, -0.25) is 9.20 Å². The van der Waals surface area contributed by atoms with Gasteiger partial charge in [-0.25, -0.2) is 4.98 Å². The first-order valence-corrected chi connectivity index (χ1v) is 10.9. The van der Waals surface area contributed by atoms with Crippen LogP contribution in [0.2, 0.25) is 0 Å². The maximum atomic E-state index is 13.2. The molecule has 2 aliphatic rings. The number of halogens is 2. The van der Waals surface area contributed by atoms with Crippen molar-refractivity contribution in [2.45, 2.75) is 37.3 Å². The molecule has 1 unspecified atom stereocenters. The van der Waals surface area contributed by atoms with Crippen molar-refractivity contribution >= 4 is 11.6 Å².